The summed E-state index contributed by atoms with van der Waals surface area (Å²) in [5, 5.41) is 3.63. The molecule has 92 valence electrons. The molecule has 2 unspecified atom stereocenters. The van der Waals surface area contributed by atoms with Crippen molar-refractivity contribution in [1.29, 1.82) is 0 Å². The first-order valence-electron chi connectivity index (χ1n) is 6.43. The molecule has 0 aliphatic carbocycles. The van der Waals surface area contributed by atoms with E-state index >= 15 is 0 Å². The molecule has 0 bridgehead atoms. The SMILES string of the molecule is CCc1ccc(C(C)NC(CC)C(C)C)o1. The highest BCUT2D eigenvalue weighted by Crippen LogP contribution is 2.19. The van der Waals surface area contributed by atoms with E-state index in [-0.39, 0.29) is 0 Å². The molecule has 1 aromatic rings. The van der Waals surface area contributed by atoms with Crippen molar-refractivity contribution in [2.75, 3.05) is 0 Å². The molecule has 0 radical (unpaired) electrons. The van der Waals surface area contributed by atoms with Crippen LogP contribution in [0.1, 0.15) is 58.6 Å². The monoisotopic (exact) mass is 223 g/mol. The van der Waals surface area contributed by atoms with Crippen molar-refractivity contribution in [2.24, 2.45) is 5.92 Å². The Morgan fingerprint density at radius 2 is 1.88 bits per heavy atom. The summed E-state index contributed by atoms with van der Waals surface area (Å²) >= 11 is 0. The van der Waals surface area contributed by atoms with Gasteiger partial charge in [0.25, 0.3) is 0 Å². The zero-order valence-electron chi connectivity index (χ0n) is 11.2. The van der Waals surface area contributed by atoms with Crippen LogP contribution in [0.2, 0.25) is 0 Å². The molecule has 0 amide bonds. The summed E-state index contributed by atoms with van der Waals surface area (Å²) in [5.41, 5.74) is 0. The summed E-state index contributed by atoms with van der Waals surface area (Å²) in [4.78, 5) is 0. The van der Waals surface area contributed by atoms with E-state index in [1.807, 2.05) is 0 Å². The Balaban J connectivity index is 2.60. The predicted molar refractivity (Wildman–Crippen MR) is 68.6 cm³/mol. The van der Waals surface area contributed by atoms with Gasteiger partial charge in [-0.15, -0.1) is 0 Å². The van der Waals surface area contributed by atoms with Crippen LogP contribution in [0.3, 0.4) is 0 Å². The van der Waals surface area contributed by atoms with Gasteiger partial charge in [-0.05, 0) is 31.4 Å². The molecule has 1 N–H and O–H groups in total. The topological polar surface area (TPSA) is 25.2 Å². The number of aryl methyl sites for hydroxylation is 1. The van der Waals surface area contributed by atoms with Crippen molar-refractivity contribution in [3.05, 3.63) is 23.7 Å². The minimum absolute atomic E-state index is 0.299. The van der Waals surface area contributed by atoms with Crippen LogP contribution in [0.5, 0.6) is 0 Å². The molecular formula is C14H25NO. The van der Waals surface area contributed by atoms with Gasteiger partial charge >= 0.3 is 0 Å². The zero-order chi connectivity index (χ0) is 12.1. The standard InChI is InChI=1S/C14H25NO/c1-6-12-8-9-14(16-12)11(5)15-13(7-2)10(3)4/h8-11,13,15H,6-7H2,1-5H3. The lowest BCUT2D eigenvalue weighted by Crippen LogP contribution is -2.35. The maximum atomic E-state index is 5.76. The third-order valence-corrected chi connectivity index (χ3v) is 3.17. The van der Waals surface area contributed by atoms with Crippen LogP contribution in [-0.4, -0.2) is 6.04 Å². The summed E-state index contributed by atoms with van der Waals surface area (Å²) in [6.07, 6.45) is 2.12. The molecule has 2 heteroatoms. The van der Waals surface area contributed by atoms with Crippen molar-refractivity contribution in [2.45, 2.75) is 59.5 Å². The van der Waals surface area contributed by atoms with E-state index in [9.17, 15) is 0 Å². The molecule has 0 saturated carbocycles. The Morgan fingerprint density at radius 3 is 2.31 bits per heavy atom. The summed E-state index contributed by atoms with van der Waals surface area (Å²) in [7, 11) is 0. The van der Waals surface area contributed by atoms with Crippen molar-refractivity contribution in [3.63, 3.8) is 0 Å². The number of hydrogen-bond acceptors (Lipinski definition) is 2. The van der Waals surface area contributed by atoms with Crippen LogP contribution in [0, 0.1) is 5.92 Å². The van der Waals surface area contributed by atoms with E-state index in [0.29, 0.717) is 18.0 Å². The Labute approximate surface area is 99.4 Å². The highest BCUT2D eigenvalue weighted by molar-refractivity contribution is 5.10. The molecule has 0 aromatic carbocycles. The van der Waals surface area contributed by atoms with Gasteiger partial charge < -0.3 is 9.73 Å². The van der Waals surface area contributed by atoms with Gasteiger partial charge in [0.2, 0.25) is 0 Å². The number of hydrogen-bond donors (Lipinski definition) is 1. The molecule has 0 aliphatic rings. The smallest absolute Gasteiger partial charge is 0.120 e. The van der Waals surface area contributed by atoms with Gasteiger partial charge in [0, 0.05) is 12.5 Å². The van der Waals surface area contributed by atoms with Gasteiger partial charge in [-0.2, -0.15) is 0 Å². The van der Waals surface area contributed by atoms with Gasteiger partial charge in [-0.1, -0.05) is 27.7 Å². The fourth-order valence-corrected chi connectivity index (χ4v) is 2.00. The Kier molecular flexibility index (Phi) is 5.07. The summed E-state index contributed by atoms with van der Waals surface area (Å²) < 4.78 is 5.76. The number of furan rings is 1. The van der Waals surface area contributed by atoms with Gasteiger partial charge in [-0.3, -0.25) is 0 Å². The van der Waals surface area contributed by atoms with Crippen molar-refractivity contribution in [1.82, 2.24) is 5.32 Å². The highest BCUT2D eigenvalue weighted by Gasteiger charge is 2.16. The second-order valence-corrected chi connectivity index (χ2v) is 4.80. The fraction of sp³-hybridized carbons (Fsp3) is 0.714. The highest BCUT2D eigenvalue weighted by atomic mass is 16.3. The molecule has 2 atom stereocenters. The first kappa shape index (κ1) is 13.3. The second-order valence-electron chi connectivity index (χ2n) is 4.80. The molecule has 1 heterocycles. The first-order valence-corrected chi connectivity index (χ1v) is 6.43. The molecule has 1 rings (SSSR count). The first-order chi connectivity index (χ1) is 7.58. The third-order valence-electron chi connectivity index (χ3n) is 3.17. The second kappa shape index (κ2) is 6.09. The molecule has 0 spiro atoms. The molecule has 16 heavy (non-hydrogen) atoms. The summed E-state index contributed by atoms with van der Waals surface area (Å²) in [6, 6.07) is 5.02. The predicted octanol–water partition coefficient (Wildman–Crippen LogP) is 3.93. The van der Waals surface area contributed by atoms with E-state index in [4.69, 9.17) is 4.42 Å². The van der Waals surface area contributed by atoms with Crippen molar-refractivity contribution in [3.8, 4) is 0 Å². The molecule has 0 fully saturated rings. The van der Waals surface area contributed by atoms with Gasteiger partial charge in [0.1, 0.15) is 11.5 Å². The van der Waals surface area contributed by atoms with Crippen molar-refractivity contribution < 1.29 is 4.42 Å². The minimum atomic E-state index is 0.299. The molecular weight excluding hydrogens is 198 g/mol. The maximum Gasteiger partial charge on any atom is 0.120 e. The third kappa shape index (κ3) is 3.38. The van der Waals surface area contributed by atoms with Gasteiger partial charge in [-0.25, -0.2) is 0 Å². The van der Waals surface area contributed by atoms with Crippen LogP contribution >= 0.6 is 0 Å². The molecule has 0 aliphatic heterocycles. The molecule has 2 nitrogen and oxygen atoms in total. The van der Waals surface area contributed by atoms with Crippen LogP contribution < -0.4 is 5.32 Å². The Hall–Kier alpha value is -0.760. The number of rotatable bonds is 6. The average Bonchev–Trinajstić information content (AvgIpc) is 2.73. The van der Waals surface area contributed by atoms with E-state index in [1.165, 1.54) is 0 Å². The fourth-order valence-electron chi connectivity index (χ4n) is 2.00. The lowest BCUT2D eigenvalue weighted by atomic mass is 10.0. The van der Waals surface area contributed by atoms with Gasteiger partial charge in [0.05, 0.1) is 6.04 Å². The van der Waals surface area contributed by atoms with Crippen molar-refractivity contribution >= 4 is 0 Å². The van der Waals surface area contributed by atoms with E-state index < -0.39 is 0 Å². The minimum Gasteiger partial charge on any atom is -0.464 e. The Morgan fingerprint density at radius 1 is 1.19 bits per heavy atom. The zero-order valence-corrected chi connectivity index (χ0v) is 11.2. The van der Waals surface area contributed by atoms with E-state index in [0.717, 1.165) is 24.4 Å². The van der Waals surface area contributed by atoms with Gasteiger partial charge in [0.15, 0.2) is 0 Å². The van der Waals surface area contributed by atoms with Crippen LogP contribution in [-0.2, 0) is 6.42 Å². The quantitative estimate of drug-likeness (QED) is 0.790. The maximum absolute atomic E-state index is 5.76. The van der Waals surface area contributed by atoms with Crippen LogP contribution in [0.4, 0.5) is 0 Å². The van der Waals surface area contributed by atoms with E-state index in [2.05, 4.69) is 52.1 Å². The number of nitrogens with one attached hydrogen (secondary N) is 1. The molecule has 0 saturated heterocycles. The summed E-state index contributed by atoms with van der Waals surface area (Å²) in [5.74, 6) is 2.78. The lowest BCUT2D eigenvalue weighted by Gasteiger charge is -2.24. The van der Waals surface area contributed by atoms with Crippen LogP contribution in [0.25, 0.3) is 0 Å². The summed E-state index contributed by atoms with van der Waals surface area (Å²) in [6.45, 7) is 11.0. The average molecular weight is 223 g/mol. The van der Waals surface area contributed by atoms with Crippen LogP contribution in [0.15, 0.2) is 16.5 Å². The normalized spacial score (nSPS) is 15.4. The molecule has 1 aromatic heterocycles. The largest absolute Gasteiger partial charge is 0.464 e. The lowest BCUT2D eigenvalue weighted by molar-refractivity contribution is 0.323. The Bertz CT molecular complexity index is 303. The van der Waals surface area contributed by atoms with E-state index in [1.54, 1.807) is 0 Å².